The molecule has 3 rings (SSSR count). The number of rotatable bonds is 6. The first-order chi connectivity index (χ1) is 14.1. The number of ether oxygens (including phenoxy) is 2. The zero-order valence-corrected chi connectivity index (χ0v) is 20.0. The van der Waals surface area contributed by atoms with Crippen LogP contribution < -0.4 is 9.47 Å². The number of hydrogen-bond donors (Lipinski definition) is 0. The molecule has 30 heavy (non-hydrogen) atoms. The smallest absolute Gasteiger partial charge is 0.315 e. The number of likely N-dealkylation sites (N-methyl/N-ethyl adjacent to an activating group) is 1. The molecule has 2 atom stereocenters. The Labute approximate surface area is 195 Å². The largest absolute Gasteiger partial charge is 0.493 e. The molecule has 0 radical (unpaired) electrons. The van der Waals surface area contributed by atoms with E-state index in [2.05, 4.69) is 0 Å². The van der Waals surface area contributed by atoms with E-state index in [1.807, 2.05) is 20.8 Å². The van der Waals surface area contributed by atoms with Crippen molar-refractivity contribution in [3.8, 4) is 11.5 Å². The van der Waals surface area contributed by atoms with Crippen molar-refractivity contribution in [1.29, 1.82) is 0 Å². The van der Waals surface area contributed by atoms with Gasteiger partial charge in [0.15, 0.2) is 11.5 Å². The Kier molecular flexibility index (Phi) is 6.87. The number of carbonyl (C=O) groups is 2. The lowest BCUT2D eigenvalue weighted by molar-refractivity contribution is -0.136. The van der Waals surface area contributed by atoms with Gasteiger partial charge in [0.25, 0.3) is 5.91 Å². The summed E-state index contributed by atoms with van der Waals surface area (Å²) in [5, 5.41) is 0. The van der Waals surface area contributed by atoms with E-state index in [-0.39, 0.29) is 33.6 Å². The highest BCUT2D eigenvalue weighted by Crippen LogP contribution is 2.60. The van der Waals surface area contributed by atoms with Crippen LogP contribution in [0.15, 0.2) is 33.7 Å². The monoisotopic (exact) mass is 485 g/mol. The van der Waals surface area contributed by atoms with Crippen molar-refractivity contribution in [3.05, 3.63) is 39.2 Å². The van der Waals surface area contributed by atoms with Crippen LogP contribution in [0.1, 0.15) is 26.3 Å². The molecular formula is C21H21Cl2NO4S2. The van der Waals surface area contributed by atoms with Gasteiger partial charge in [0.05, 0.1) is 17.9 Å². The number of thioether (sulfide) groups is 1. The third-order valence-electron chi connectivity index (χ3n) is 5.36. The van der Waals surface area contributed by atoms with Crippen LogP contribution >= 0.6 is 47.2 Å². The summed E-state index contributed by atoms with van der Waals surface area (Å²) in [6, 6.07) is 5.12. The topological polar surface area (TPSA) is 55.8 Å². The number of esters is 1. The summed E-state index contributed by atoms with van der Waals surface area (Å²) < 4.78 is 11.7. The van der Waals surface area contributed by atoms with Crippen molar-refractivity contribution in [3.63, 3.8) is 0 Å². The summed E-state index contributed by atoms with van der Waals surface area (Å²) in [6.07, 6.45) is 3.41. The molecule has 1 aliphatic heterocycles. The van der Waals surface area contributed by atoms with Crippen LogP contribution in [0.3, 0.4) is 0 Å². The molecule has 1 saturated heterocycles. The van der Waals surface area contributed by atoms with Gasteiger partial charge in [0.2, 0.25) is 0 Å². The van der Waals surface area contributed by atoms with Gasteiger partial charge in [-0.1, -0.05) is 67.1 Å². The van der Waals surface area contributed by atoms with Gasteiger partial charge in [-0.3, -0.25) is 14.5 Å². The summed E-state index contributed by atoms with van der Waals surface area (Å²) in [6.45, 7) is 6.33. The summed E-state index contributed by atoms with van der Waals surface area (Å²) in [4.78, 5) is 27.2. The SMILES string of the molecule is CCN1C(=O)C(=Cc2ccc(OC(=O)C3C(C=C(Cl)Cl)C3(C)C)c(OC)c2)SC1=S. The number of methoxy groups -OCH3 is 1. The molecule has 2 fully saturated rings. The second kappa shape index (κ2) is 8.91. The normalized spacial score (nSPS) is 23.5. The molecule has 1 aromatic carbocycles. The first kappa shape index (κ1) is 23.1. The molecule has 1 aromatic rings. The van der Waals surface area contributed by atoms with Gasteiger partial charge in [-0.15, -0.1) is 0 Å². The number of halogens is 2. The maximum absolute atomic E-state index is 12.7. The van der Waals surface area contributed by atoms with Crippen molar-refractivity contribution in [2.75, 3.05) is 13.7 Å². The summed E-state index contributed by atoms with van der Waals surface area (Å²) in [7, 11) is 1.49. The quantitative estimate of drug-likeness (QED) is 0.232. The number of carbonyl (C=O) groups excluding carboxylic acids is 2. The number of amides is 1. The van der Waals surface area contributed by atoms with Crippen molar-refractivity contribution in [1.82, 2.24) is 4.90 Å². The van der Waals surface area contributed by atoms with Crippen LogP contribution in [0.2, 0.25) is 0 Å². The van der Waals surface area contributed by atoms with Gasteiger partial charge >= 0.3 is 5.97 Å². The Bertz CT molecular complexity index is 970. The zero-order valence-electron chi connectivity index (χ0n) is 16.9. The predicted octanol–water partition coefficient (Wildman–Crippen LogP) is 5.41. The molecule has 160 valence electrons. The second-order valence-electron chi connectivity index (χ2n) is 7.54. The summed E-state index contributed by atoms with van der Waals surface area (Å²) in [5.41, 5.74) is 0.456. The van der Waals surface area contributed by atoms with Gasteiger partial charge in [-0.05, 0) is 48.1 Å². The molecule has 0 spiro atoms. The highest BCUT2D eigenvalue weighted by atomic mass is 35.5. The number of nitrogens with zero attached hydrogens (tertiary/aromatic N) is 1. The number of allylic oxidation sites excluding steroid dienone is 1. The molecule has 2 unspecified atom stereocenters. The first-order valence-electron chi connectivity index (χ1n) is 9.28. The van der Waals surface area contributed by atoms with Crippen molar-refractivity contribution < 1.29 is 19.1 Å². The summed E-state index contributed by atoms with van der Waals surface area (Å²) >= 11 is 18.0. The Morgan fingerprint density at radius 3 is 2.60 bits per heavy atom. The first-order valence-corrected chi connectivity index (χ1v) is 11.3. The van der Waals surface area contributed by atoms with Gasteiger partial charge in [0.1, 0.15) is 8.81 Å². The fourth-order valence-electron chi connectivity index (χ4n) is 3.53. The van der Waals surface area contributed by atoms with Gasteiger partial charge in [0, 0.05) is 6.54 Å². The Morgan fingerprint density at radius 1 is 1.33 bits per heavy atom. The lowest BCUT2D eigenvalue weighted by Gasteiger charge is -2.11. The fraction of sp³-hybridized carbons (Fsp3) is 0.381. The van der Waals surface area contributed by atoms with E-state index in [0.717, 1.165) is 5.56 Å². The minimum atomic E-state index is -0.370. The van der Waals surface area contributed by atoms with Crippen LogP contribution in [-0.2, 0) is 9.59 Å². The lowest BCUT2D eigenvalue weighted by Crippen LogP contribution is -2.27. The molecule has 5 nitrogen and oxygen atoms in total. The number of benzene rings is 1. The van der Waals surface area contributed by atoms with Crippen molar-refractivity contribution in [2.45, 2.75) is 20.8 Å². The van der Waals surface area contributed by atoms with E-state index < -0.39 is 0 Å². The molecule has 2 aliphatic rings. The van der Waals surface area contributed by atoms with Crippen LogP contribution in [0.4, 0.5) is 0 Å². The van der Waals surface area contributed by atoms with Crippen molar-refractivity contribution in [2.24, 2.45) is 17.3 Å². The highest BCUT2D eigenvalue weighted by Gasteiger charge is 2.61. The summed E-state index contributed by atoms with van der Waals surface area (Å²) in [5.74, 6) is -0.210. The van der Waals surface area contributed by atoms with Gasteiger partial charge in [-0.2, -0.15) is 0 Å². The number of hydrogen-bond acceptors (Lipinski definition) is 6. The molecule has 9 heteroatoms. The predicted molar refractivity (Wildman–Crippen MR) is 125 cm³/mol. The third-order valence-corrected chi connectivity index (χ3v) is 6.99. The average Bonchev–Trinajstić information content (AvgIpc) is 3.09. The van der Waals surface area contributed by atoms with Gasteiger partial charge in [-0.25, -0.2) is 0 Å². The van der Waals surface area contributed by atoms with E-state index in [1.165, 1.54) is 18.9 Å². The van der Waals surface area contributed by atoms with E-state index in [1.54, 1.807) is 35.3 Å². The Morgan fingerprint density at radius 2 is 2.03 bits per heavy atom. The van der Waals surface area contributed by atoms with Crippen LogP contribution in [-0.4, -0.2) is 34.8 Å². The highest BCUT2D eigenvalue weighted by molar-refractivity contribution is 8.26. The molecule has 0 aromatic heterocycles. The standard InChI is InChI=1S/C21H21Cl2NO4S2/c1-5-24-18(25)15(30-20(24)29)9-11-6-7-13(14(8-11)27-4)28-19(26)17-12(10-16(22)23)21(17,2)3/h6-10,12,17H,5H2,1-4H3. The number of thiocarbonyl (C=S) groups is 1. The van der Waals surface area contributed by atoms with E-state index in [0.29, 0.717) is 27.3 Å². The van der Waals surface area contributed by atoms with E-state index in [9.17, 15) is 9.59 Å². The van der Waals surface area contributed by atoms with Crippen LogP contribution in [0, 0.1) is 17.3 Å². The second-order valence-corrected chi connectivity index (χ2v) is 10.2. The fourth-order valence-corrected chi connectivity index (χ4v) is 5.18. The maximum Gasteiger partial charge on any atom is 0.315 e. The van der Waals surface area contributed by atoms with Gasteiger partial charge < -0.3 is 9.47 Å². The maximum atomic E-state index is 12.7. The third kappa shape index (κ3) is 4.54. The molecule has 1 saturated carbocycles. The van der Waals surface area contributed by atoms with Crippen LogP contribution in [0.25, 0.3) is 6.08 Å². The van der Waals surface area contributed by atoms with E-state index in [4.69, 9.17) is 44.9 Å². The minimum absolute atomic E-state index is 0.0826. The molecule has 1 aliphatic carbocycles. The average molecular weight is 486 g/mol. The van der Waals surface area contributed by atoms with E-state index >= 15 is 0 Å². The zero-order chi connectivity index (χ0) is 22.2. The molecule has 1 heterocycles. The molecule has 0 bridgehead atoms. The minimum Gasteiger partial charge on any atom is -0.493 e. The molecule has 0 N–H and O–H groups in total. The lowest BCUT2D eigenvalue weighted by atomic mass is 10.1. The Balaban J connectivity index is 1.78. The molecule has 1 amide bonds. The Hall–Kier alpha value is -1.54. The van der Waals surface area contributed by atoms with Crippen LogP contribution in [0.5, 0.6) is 11.5 Å². The molecular weight excluding hydrogens is 465 g/mol. The van der Waals surface area contributed by atoms with Crippen molar-refractivity contribution >= 4 is 69.5 Å².